The fourth-order valence-corrected chi connectivity index (χ4v) is 5.16. The normalized spacial score (nSPS) is 14.7. The summed E-state index contributed by atoms with van der Waals surface area (Å²) in [6, 6.07) is 20.3. The quantitative estimate of drug-likeness (QED) is 0.325. The van der Waals surface area contributed by atoms with Crippen LogP contribution in [-0.2, 0) is 29.0 Å². The van der Waals surface area contributed by atoms with Gasteiger partial charge < -0.3 is 10.2 Å². The smallest absolute Gasteiger partial charge is 0.243 e. The molecule has 0 aliphatic heterocycles. The molecule has 0 bridgehead atoms. The first-order chi connectivity index (χ1) is 17.9. The van der Waals surface area contributed by atoms with Crippen LogP contribution in [0.25, 0.3) is 0 Å². The van der Waals surface area contributed by atoms with Crippen molar-refractivity contribution in [3.63, 3.8) is 0 Å². The van der Waals surface area contributed by atoms with Crippen LogP contribution in [0.2, 0.25) is 10.0 Å². The van der Waals surface area contributed by atoms with Gasteiger partial charge in [0.05, 0.1) is 16.5 Å². The van der Waals surface area contributed by atoms with Gasteiger partial charge in [0.1, 0.15) is 11.9 Å². The van der Waals surface area contributed by atoms with Crippen molar-refractivity contribution in [3.8, 4) is 0 Å². The molecule has 0 spiro atoms. The molecule has 7 heteroatoms. The zero-order valence-electron chi connectivity index (χ0n) is 20.6. The number of carbonyl (C=O) groups is 2. The molecule has 1 fully saturated rings. The summed E-state index contributed by atoms with van der Waals surface area (Å²) in [6.45, 7) is 0.139. The molecule has 4 nitrogen and oxygen atoms in total. The molecule has 2 amide bonds. The summed E-state index contributed by atoms with van der Waals surface area (Å²) < 4.78 is 14.5. The highest BCUT2D eigenvalue weighted by Crippen LogP contribution is 2.25. The topological polar surface area (TPSA) is 49.4 Å². The van der Waals surface area contributed by atoms with E-state index >= 15 is 0 Å². The maximum atomic E-state index is 14.5. The molecule has 194 valence electrons. The number of benzene rings is 3. The van der Waals surface area contributed by atoms with E-state index in [9.17, 15) is 14.0 Å². The molecule has 1 aliphatic rings. The molecule has 3 aromatic carbocycles. The van der Waals surface area contributed by atoms with Crippen molar-refractivity contribution in [1.82, 2.24) is 10.2 Å². The molecule has 0 saturated heterocycles. The zero-order valence-corrected chi connectivity index (χ0v) is 22.1. The van der Waals surface area contributed by atoms with Crippen molar-refractivity contribution in [2.24, 2.45) is 0 Å². The van der Waals surface area contributed by atoms with E-state index < -0.39 is 11.9 Å². The third-order valence-electron chi connectivity index (χ3n) is 6.86. The van der Waals surface area contributed by atoms with Gasteiger partial charge in [0.25, 0.3) is 0 Å². The molecule has 4 rings (SSSR count). The third kappa shape index (κ3) is 7.56. The maximum absolute atomic E-state index is 14.5. The Hall–Kier alpha value is -2.89. The minimum atomic E-state index is -0.780. The Morgan fingerprint density at radius 1 is 0.892 bits per heavy atom. The third-order valence-corrected chi connectivity index (χ3v) is 7.60. The molecule has 37 heavy (non-hydrogen) atoms. The molecular weight excluding hydrogens is 510 g/mol. The number of hydrogen-bond donors (Lipinski definition) is 1. The van der Waals surface area contributed by atoms with E-state index in [0.29, 0.717) is 16.5 Å². The molecule has 1 atom stereocenters. The molecule has 1 saturated carbocycles. The number of rotatable bonds is 9. The summed E-state index contributed by atoms with van der Waals surface area (Å²) in [5.74, 6) is -0.981. The Kier molecular flexibility index (Phi) is 9.59. The van der Waals surface area contributed by atoms with E-state index in [-0.39, 0.29) is 36.4 Å². The van der Waals surface area contributed by atoms with Gasteiger partial charge in [0.15, 0.2) is 0 Å². The van der Waals surface area contributed by atoms with Crippen LogP contribution >= 0.6 is 23.2 Å². The maximum Gasteiger partial charge on any atom is 0.243 e. The lowest BCUT2D eigenvalue weighted by atomic mass is 9.94. The lowest BCUT2D eigenvalue weighted by Crippen LogP contribution is -2.53. The van der Waals surface area contributed by atoms with Crippen molar-refractivity contribution < 1.29 is 14.0 Å². The van der Waals surface area contributed by atoms with Gasteiger partial charge in [-0.3, -0.25) is 9.59 Å². The van der Waals surface area contributed by atoms with Crippen molar-refractivity contribution in [1.29, 1.82) is 0 Å². The SMILES string of the molecule is O=C(NC1CCCCC1)C(Cc1ccccc1)N(Cc1ccc(Cl)c(Cl)c1)C(=O)Cc1ccccc1F. The fraction of sp³-hybridized carbons (Fsp3) is 0.333. The van der Waals surface area contributed by atoms with Gasteiger partial charge in [0.2, 0.25) is 11.8 Å². The van der Waals surface area contributed by atoms with E-state index in [1.54, 1.807) is 41.3 Å². The van der Waals surface area contributed by atoms with Crippen molar-refractivity contribution in [2.75, 3.05) is 0 Å². The molecule has 0 aromatic heterocycles. The van der Waals surface area contributed by atoms with Gasteiger partial charge in [-0.25, -0.2) is 4.39 Å². The molecule has 3 aromatic rings. The largest absolute Gasteiger partial charge is 0.352 e. The molecule has 0 heterocycles. The average molecular weight is 541 g/mol. The first-order valence-corrected chi connectivity index (χ1v) is 13.5. The van der Waals surface area contributed by atoms with Crippen LogP contribution in [0.5, 0.6) is 0 Å². The molecular formula is C30H31Cl2FN2O2. The number of amides is 2. The summed E-state index contributed by atoms with van der Waals surface area (Å²) in [6.07, 6.45) is 5.37. The highest BCUT2D eigenvalue weighted by atomic mass is 35.5. The predicted octanol–water partition coefficient (Wildman–Crippen LogP) is 6.76. The van der Waals surface area contributed by atoms with Crippen LogP contribution in [0, 0.1) is 5.82 Å². The Morgan fingerprint density at radius 3 is 2.30 bits per heavy atom. The summed E-state index contributed by atoms with van der Waals surface area (Å²) in [7, 11) is 0. The fourth-order valence-electron chi connectivity index (χ4n) is 4.84. The van der Waals surface area contributed by atoms with Crippen LogP contribution in [0.4, 0.5) is 4.39 Å². The van der Waals surface area contributed by atoms with E-state index in [2.05, 4.69) is 5.32 Å². The number of carbonyl (C=O) groups excluding carboxylic acids is 2. The van der Waals surface area contributed by atoms with Crippen LogP contribution < -0.4 is 5.32 Å². The zero-order chi connectivity index (χ0) is 26.2. The minimum absolute atomic E-state index is 0.0908. The molecule has 1 unspecified atom stereocenters. The lowest BCUT2D eigenvalue weighted by molar-refractivity contribution is -0.141. The van der Waals surface area contributed by atoms with Gasteiger partial charge in [0, 0.05) is 19.0 Å². The van der Waals surface area contributed by atoms with E-state index in [4.69, 9.17) is 23.2 Å². The van der Waals surface area contributed by atoms with Gasteiger partial charge in [-0.2, -0.15) is 0 Å². The minimum Gasteiger partial charge on any atom is -0.352 e. The lowest BCUT2D eigenvalue weighted by Gasteiger charge is -2.33. The van der Waals surface area contributed by atoms with Crippen molar-refractivity contribution in [3.05, 3.63) is 105 Å². The number of hydrogen-bond acceptors (Lipinski definition) is 2. The highest BCUT2D eigenvalue weighted by Gasteiger charge is 2.32. The number of nitrogens with one attached hydrogen (secondary N) is 1. The number of nitrogens with zero attached hydrogens (tertiary/aromatic N) is 1. The average Bonchev–Trinajstić information content (AvgIpc) is 2.90. The summed E-state index contributed by atoms with van der Waals surface area (Å²) >= 11 is 12.4. The summed E-state index contributed by atoms with van der Waals surface area (Å²) in [5.41, 5.74) is 1.96. The van der Waals surface area contributed by atoms with Gasteiger partial charge in [-0.15, -0.1) is 0 Å². The van der Waals surface area contributed by atoms with E-state index in [1.165, 1.54) is 12.5 Å². The first kappa shape index (κ1) is 27.2. The Bertz CT molecular complexity index is 1220. The Morgan fingerprint density at radius 2 is 1.59 bits per heavy atom. The predicted molar refractivity (Wildman–Crippen MR) is 146 cm³/mol. The molecule has 0 radical (unpaired) electrons. The number of halogens is 3. The highest BCUT2D eigenvalue weighted by molar-refractivity contribution is 6.42. The van der Waals surface area contributed by atoms with Crippen LogP contribution in [0.1, 0.15) is 48.8 Å². The Labute approximate surface area is 227 Å². The summed E-state index contributed by atoms with van der Waals surface area (Å²) in [5, 5.41) is 3.98. The van der Waals surface area contributed by atoms with Crippen molar-refractivity contribution >= 4 is 35.0 Å². The first-order valence-electron chi connectivity index (χ1n) is 12.7. The van der Waals surface area contributed by atoms with Crippen LogP contribution in [-0.4, -0.2) is 28.8 Å². The van der Waals surface area contributed by atoms with Gasteiger partial charge in [-0.1, -0.05) is 97.1 Å². The molecule has 1 aliphatic carbocycles. The van der Waals surface area contributed by atoms with Gasteiger partial charge >= 0.3 is 0 Å². The standard InChI is InChI=1S/C30H31Cl2FN2O2/c31-25-16-15-22(17-26(25)32)20-35(29(36)19-23-11-7-8-14-27(23)33)28(18-21-9-3-1-4-10-21)30(37)34-24-12-5-2-6-13-24/h1,3-4,7-11,14-17,24,28H,2,5-6,12-13,18-20H2,(H,34,37). The van der Waals surface area contributed by atoms with Gasteiger partial charge in [-0.05, 0) is 47.7 Å². The second-order valence-electron chi connectivity index (χ2n) is 9.59. The second-order valence-corrected chi connectivity index (χ2v) is 10.4. The van der Waals surface area contributed by atoms with E-state index in [1.807, 2.05) is 30.3 Å². The second kappa shape index (κ2) is 13.1. The molecule has 1 N–H and O–H groups in total. The summed E-state index contributed by atoms with van der Waals surface area (Å²) in [4.78, 5) is 29.1. The van der Waals surface area contributed by atoms with Crippen molar-refractivity contribution in [2.45, 2.75) is 63.6 Å². The monoisotopic (exact) mass is 540 g/mol. The Balaban J connectivity index is 1.68. The van der Waals surface area contributed by atoms with E-state index in [0.717, 1.165) is 36.8 Å². The van der Waals surface area contributed by atoms with Crippen LogP contribution in [0.15, 0.2) is 72.8 Å². The van der Waals surface area contributed by atoms with Crippen LogP contribution in [0.3, 0.4) is 0 Å².